The van der Waals surface area contributed by atoms with Crippen LogP contribution in [-0.2, 0) is 10.3 Å². The van der Waals surface area contributed by atoms with E-state index in [9.17, 15) is 20.0 Å². The Morgan fingerprint density at radius 3 is 2.62 bits per heavy atom. The van der Waals surface area contributed by atoms with Gasteiger partial charge in [0.05, 0.1) is 28.5 Å². The molecule has 0 aliphatic rings. The molecule has 8 heteroatoms. The minimum absolute atomic E-state index is 0.129. The molecule has 1 aromatic heterocycles. The number of aromatic nitrogens is 2. The molecule has 128 valence electrons. The molecule has 1 N–H and O–H groups in total. The normalized spacial score (nSPS) is 13.4. The summed E-state index contributed by atoms with van der Waals surface area (Å²) < 4.78 is 5.98. The van der Waals surface area contributed by atoms with Gasteiger partial charge in [0.15, 0.2) is 0 Å². The van der Waals surface area contributed by atoms with Crippen LogP contribution in [-0.4, -0.2) is 32.5 Å². The molecule has 2 rings (SSSR count). The molecule has 0 spiro atoms. The van der Waals surface area contributed by atoms with Crippen LogP contribution in [0.15, 0.2) is 24.3 Å². The van der Waals surface area contributed by atoms with Gasteiger partial charge in [0.2, 0.25) is 0 Å². The lowest BCUT2D eigenvalue weighted by Crippen LogP contribution is -2.26. The zero-order valence-corrected chi connectivity index (χ0v) is 13.9. The minimum Gasteiger partial charge on any atom is -0.448 e. The zero-order chi connectivity index (χ0) is 18.1. The Bertz CT molecular complexity index is 795. The second-order valence-electron chi connectivity index (χ2n) is 5.50. The van der Waals surface area contributed by atoms with Crippen molar-refractivity contribution in [1.29, 1.82) is 0 Å². The molecule has 0 amide bonds. The van der Waals surface area contributed by atoms with E-state index in [0.29, 0.717) is 17.0 Å². The summed E-state index contributed by atoms with van der Waals surface area (Å²) in [6, 6.07) is 5.94. The van der Waals surface area contributed by atoms with Crippen LogP contribution < -0.4 is 0 Å². The number of para-hydroxylation sites is 1. The van der Waals surface area contributed by atoms with Crippen molar-refractivity contribution in [1.82, 2.24) is 9.78 Å². The van der Waals surface area contributed by atoms with Gasteiger partial charge < -0.3 is 9.84 Å². The van der Waals surface area contributed by atoms with Gasteiger partial charge in [-0.1, -0.05) is 12.1 Å². The Balaban J connectivity index is 2.63. The zero-order valence-electron chi connectivity index (χ0n) is 13.9. The maximum absolute atomic E-state index is 12.0. The average Bonchev–Trinajstić information content (AvgIpc) is 2.83. The molecular weight excluding hydrogens is 314 g/mol. The fourth-order valence-corrected chi connectivity index (χ4v) is 2.89. The van der Waals surface area contributed by atoms with E-state index in [2.05, 4.69) is 5.10 Å². The van der Waals surface area contributed by atoms with Crippen LogP contribution in [0.4, 0.5) is 10.5 Å². The highest BCUT2D eigenvalue weighted by atomic mass is 16.6. The molecule has 8 nitrogen and oxygen atoms in total. The van der Waals surface area contributed by atoms with Gasteiger partial charge in [-0.15, -0.1) is 0 Å². The van der Waals surface area contributed by atoms with E-state index in [4.69, 9.17) is 4.74 Å². The fourth-order valence-electron chi connectivity index (χ4n) is 2.89. The smallest absolute Gasteiger partial charge is 0.434 e. The molecule has 0 saturated heterocycles. The van der Waals surface area contributed by atoms with Crippen LogP contribution in [0.1, 0.15) is 36.4 Å². The second-order valence-corrected chi connectivity index (χ2v) is 5.50. The Hall–Kier alpha value is -2.74. The standard InChI is InChI=1S/C16H19N3O5/c1-5-24-15(20)18-11(3)14(10(2)17-18)16(4,21)12-8-6-7-9-13(12)19(22)23/h6-9,21H,5H2,1-4H3. The van der Waals surface area contributed by atoms with E-state index >= 15 is 0 Å². The molecule has 0 aliphatic carbocycles. The molecular formula is C16H19N3O5. The maximum Gasteiger partial charge on any atom is 0.434 e. The summed E-state index contributed by atoms with van der Waals surface area (Å²) >= 11 is 0. The van der Waals surface area contributed by atoms with Crippen molar-refractivity contribution in [2.75, 3.05) is 6.61 Å². The van der Waals surface area contributed by atoms with Gasteiger partial charge >= 0.3 is 6.09 Å². The number of nitrogens with zero attached hydrogens (tertiary/aromatic N) is 3. The van der Waals surface area contributed by atoms with E-state index in [1.54, 1.807) is 26.8 Å². The van der Waals surface area contributed by atoms with Crippen LogP contribution in [0, 0.1) is 24.0 Å². The van der Waals surface area contributed by atoms with Crippen LogP contribution >= 0.6 is 0 Å². The molecule has 24 heavy (non-hydrogen) atoms. The fraction of sp³-hybridized carbons (Fsp3) is 0.375. The minimum atomic E-state index is -1.69. The maximum atomic E-state index is 12.0. The first-order valence-corrected chi connectivity index (χ1v) is 7.41. The first-order valence-electron chi connectivity index (χ1n) is 7.41. The van der Waals surface area contributed by atoms with Crippen LogP contribution in [0.3, 0.4) is 0 Å². The van der Waals surface area contributed by atoms with Gasteiger partial charge in [0.25, 0.3) is 5.69 Å². The number of benzene rings is 1. The van der Waals surface area contributed by atoms with Gasteiger partial charge in [-0.2, -0.15) is 9.78 Å². The Labute approximate surface area is 138 Å². The first-order chi connectivity index (χ1) is 11.2. The second kappa shape index (κ2) is 6.40. The Kier molecular flexibility index (Phi) is 4.70. The summed E-state index contributed by atoms with van der Waals surface area (Å²) in [7, 11) is 0. The average molecular weight is 333 g/mol. The van der Waals surface area contributed by atoms with Crippen molar-refractivity contribution in [3.8, 4) is 0 Å². The van der Waals surface area contributed by atoms with Crippen LogP contribution in [0.25, 0.3) is 0 Å². The van der Waals surface area contributed by atoms with Crippen LogP contribution in [0.5, 0.6) is 0 Å². The van der Waals surface area contributed by atoms with Gasteiger partial charge in [-0.05, 0) is 33.8 Å². The molecule has 1 atom stereocenters. The van der Waals surface area contributed by atoms with Crippen LogP contribution in [0.2, 0.25) is 0 Å². The number of carbonyl (C=O) groups excluding carboxylic acids is 1. The third-order valence-corrected chi connectivity index (χ3v) is 3.84. The number of nitro groups is 1. The van der Waals surface area contributed by atoms with Crippen molar-refractivity contribution in [2.45, 2.75) is 33.3 Å². The van der Waals surface area contributed by atoms with Gasteiger partial charge in [0.1, 0.15) is 5.60 Å². The summed E-state index contributed by atoms with van der Waals surface area (Å²) in [5.41, 5.74) is -0.666. The quantitative estimate of drug-likeness (QED) is 0.681. The van der Waals surface area contributed by atoms with Crippen molar-refractivity contribution in [3.05, 3.63) is 56.9 Å². The molecule has 0 fully saturated rings. The predicted octanol–water partition coefficient (Wildman–Crippen LogP) is 2.67. The highest BCUT2D eigenvalue weighted by Gasteiger charge is 2.38. The third-order valence-electron chi connectivity index (χ3n) is 3.84. The van der Waals surface area contributed by atoms with E-state index in [0.717, 1.165) is 4.68 Å². The number of aryl methyl sites for hydroxylation is 1. The molecule has 0 radical (unpaired) electrons. The van der Waals surface area contributed by atoms with E-state index in [-0.39, 0.29) is 17.9 Å². The van der Waals surface area contributed by atoms with E-state index in [1.807, 2.05) is 0 Å². The summed E-state index contributed by atoms with van der Waals surface area (Å²) in [6.07, 6.45) is -0.664. The number of hydrogen-bond acceptors (Lipinski definition) is 6. The Morgan fingerprint density at radius 2 is 2.04 bits per heavy atom. The molecule has 1 heterocycles. The molecule has 0 bridgehead atoms. The number of hydrogen-bond donors (Lipinski definition) is 1. The number of aliphatic hydroxyl groups is 1. The number of nitro benzene ring substituents is 1. The lowest BCUT2D eigenvalue weighted by atomic mass is 9.86. The summed E-state index contributed by atoms with van der Waals surface area (Å²) in [5, 5.41) is 26.4. The highest BCUT2D eigenvalue weighted by Crippen LogP contribution is 2.38. The summed E-state index contributed by atoms with van der Waals surface area (Å²) in [6.45, 7) is 6.54. The van der Waals surface area contributed by atoms with Crippen molar-refractivity contribution < 1.29 is 19.6 Å². The number of rotatable bonds is 4. The monoisotopic (exact) mass is 333 g/mol. The molecule has 1 aromatic carbocycles. The van der Waals surface area contributed by atoms with Crippen molar-refractivity contribution in [2.24, 2.45) is 0 Å². The van der Waals surface area contributed by atoms with Crippen molar-refractivity contribution in [3.63, 3.8) is 0 Å². The predicted molar refractivity (Wildman–Crippen MR) is 85.9 cm³/mol. The lowest BCUT2D eigenvalue weighted by molar-refractivity contribution is -0.386. The largest absolute Gasteiger partial charge is 0.448 e. The Morgan fingerprint density at radius 1 is 1.42 bits per heavy atom. The lowest BCUT2D eigenvalue weighted by Gasteiger charge is -2.24. The summed E-state index contributed by atoms with van der Waals surface area (Å²) in [5.74, 6) is 0. The van der Waals surface area contributed by atoms with Crippen molar-refractivity contribution >= 4 is 11.8 Å². The van der Waals surface area contributed by atoms with E-state index < -0.39 is 16.6 Å². The molecule has 1 unspecified atom stereocenters. The summed E-state index contributed by atoms with van der Waals surface area (Å²) in [4.78, 5) is 22.7. The topological polar surface area (TPSA) is 107 Å². The SMILES string of the molecule is CCOC(=O)n1nc(C)c(C(C)(O)c2ccccc2[N+](=O)[O-])c1C. The van der Waals surface area contributed by atoms with Gasteiger partial charge in [0, 0.05) is 11.6 Å². The van der Waals surface area contributed by atoms with E-state index in [1.165, 1.54) is 25.1 Å². The highest BCUT2D eigenvalue weighted by molar-refractivity contribution is 5.71. The van der Waals surface area contributed by atoms with Gasteiger partial charge in [-0.3, -0.25) is 10.1 Å². The molecule has 2 aromatic rings. The molecule has 0 saturated carbocycles. The number of ether oxygens (including phenoxy) is 1. The number of carbonyl (C=O) groups is 1. The molecule has 0 aliphatic heterocycles. The van der Waals surface area contributed by atoms with Gasteiger partial charge in [-0.25, -0.2) is 4.79 Å². The first kappa shape index (κ1) is 17.6. The third kappa shape index (κ3) is 2.88.